The third-order valence-corrected chi connectivity index (χ3v) is 3.16. The maximum absolute atomic E-state index is 12.0. The number of carboxylic acid groups (broad SMARTS) is 1. The highest BCUT2D eigenvalue weighted by Crippen LogP contribution is 2.08. The van der Waals surface area contributed by atoms with E-state index < -0.39 is 12.0 Å². The van der Waals surface area contributed by atoms with Crippen LogP contribution in [0.4, 0.5) is 0 Å². The minimum atomic E-state index is -1.04. The summed E-state index contributed by atoms with van der Waals surface area (Å²) in [5, 5.41) is 11.8. The SMILES string of the molecule is Cc1cccc(C[C@@H](NC(=O)c2ccccc2)C(=O)O)c1. The van der Waals surface area contributed by atoms with Crippen LogP contribution in [0, 0.1) is 6.92 Å². The Bertz CT molecular complexity index is 637. The van der Waals surface area contributed by atoms with E-state index in [-0.39, 0.29) is 12.3 Å². The molecule has 0 radical (unpaired) electrons. The predicted octanol–water partition coefficient (Wildman–Crippen LogP) is 2.42. The van der Waals surface area contributed by atoms with Crippen molar-refractivity contribution >= 4 is 11.9 Å². The molecule has 0 bridgehead atoms. The Hall–Kier alpha value is -2.62. The lowest BCUT2D eigenvalue weighted by molar-refractivity contribution is -0.139. The average molecular weight is 283 g/mol. The maximum atomic E-state index is 12.0. The van der Waals surface area contributed by atoms with E-state index in [2.05, 4.69) is 5.32 Å². The van der Waals surface area contributed by atoms with Crippen molar-refractivity contribution in [3.63, 3.8) is 0 Å². The summed E-state index contributed by atoms with van der Waals surface area (Å²) in [6.45, 7) is 1.95. The van der Waals surface area contributed by atoms with Gasteiger partial charge < -0.3 is 10.4 Å². The Labute approximate surface area is 123 Å². The second-order valence-corrected chi connectivity index (χ2v) is 4.92. The lowest BCUT2D eigenvalue weighted by Crippen LogP contribution is -2.42. The number of rotatable bonds is 5. The van der Waals surface area contributed by atoms with Gasteiger partial charge in [-0.05, 0) is 24.6 Å². The number of carbonyl (C=O) groups is 2. The minimum absolute atomic E-state index is 0.260. The molecule has 21 heavy (non-hydrogen) atoms. The van der Waals surface area contributed by atoms with Gasteiger partial charge in [0.15, 0.2) is 0 Å². The summed E-state index contributed by atoms with van der Waals surface area (Å²) >= 11 is 0. The zero-order valence-corrected chi connectivity index (χ0v) is 11.7. The van der Waals surface area contributed by atoms with E-state index in [9.17, 15) is 14.7 Å². The second-order valence-electron chi connectivity index (χ2n) is 4.92. The van der Waals surface area contributed by atoms with E-state index in [0.717, 1.165) is 11.1 Å². The molecule has 2 aromatic rings. The first-order valence-electron chi connectivity index (χ1n) is 6.70. The van der Waals surface area contributed by atoms with Crippen molar-refractivity contribution in [2.45, 2.75) is 19.4 Å². The van der Waals surface area contributed by atoms with Gasteiger partial charge >= 0.3 is 5.97 Å². The zero-order valence-electron chi connectivity index (χ0n) is 11.7. The monoisotopic (exact) mass is 283 g/mol. The fraction of sp³-hybridized carbons (Fsp3) is 0.176. The van der Waals surface area contributed by atoms with Gasteiger partial charge in [0.1, 0.15) is 6.04 Å². The van der Waals surface area contributed by atoms with E-state index in [1.54, 1.807) is 30.3 Å². The fourth-order valence-electron chi connectivity index (χ4n) is 2.11. The van der Waals surface area contributed by atoms with Crippen LogP contribution in [-0.4, -0.2) is 23.0 Å². The summed E-state index contributed by atoms with van der Waals surface area (Å²) in [4.78, 5) is 23.4. The van der Waals surface area contributed by atoms with Crippen molar-refractivity contribution in [3.05, 3.63) is 71.3 Å². The largest absolute Gasteiger partial charge is 0.480 e. The molecule has 108 valence electrons. The number of hydrogen-bond donors (Lipinski definition) is 2. The smallest absolute Gasteiger partial charge is 0.326 e. The molecule has 0 aliphatic carbocycles. The lowest BCUT2D eigenvalue weighted by Gasteiger charge is -2.15. The van der Waals surface area contributed by atoms with Gasteiger partial charge in [0.05, 0.1) is 0 Å². The Morgan fingerprint density at radius 1 is 1.10 bits per heavy atom. The molecule has 2 rings (SSSR count). The minimum Gasteiger partial charge on any atom is -0.480 e. The van der Waals surface area contributed by atoms with E-state index in [4.69, 9.17) is 0 Å². The highest BCUT2D eigenvalue weighted by Gasteiger charge is 2.21. The summed E-state index contributed by atoms with van der Waals surface area (Å²) in [6.07, 6.45) is 0.260. The van der Waals surface area contributed by atoms with Crippen LogP contribution in [0.1, 0.15) is 21.5 Å². The number of benzene rings is 2. The first-order valence-corrected chi connectivity index (χ1v) is 6.70. The van der Waals surface area contributed by atoms with E-state index in [1.807, 2.05) is 31.2 Å². The summed E-state index contributed by atoms with van der Waals surface area (Å²) in [5.74, 6) is -1.42. The van der Waals surface area contributed by atoms with Crippen LogP contribution in [-0.2, 0) is 11.2 Å². The molecule has 0 saturated carbocycles. The molecule has 0 saturated heterocycles. The standard InChI is InChI=1S/C17H17NO3/c1-12-6-5-7-13(10-12)11-15(17(20)21)18-16(19)14-8-3-2-4-9-14/h2-10,15H,11H2,1H3,(H,18,19)(H,20,21)/t15-/m1/s1. The third kappa shape index (κ3) is 4.18. The van der Waals surface area contributed by atoms with Crippen molar-refractivity contribution in [1.29, 1.82) is 0 Å². The van der Waals surface area contributed by atoms with E-state index >= 15 is 0 Å². The molecule has 0 aliphatic rings. The normalized spacial score (nSPS) is 11.7. The number of hydrogen-bond acceptors (Lipinski definition) is 2. The van der Waals surface area contributed by atoms with Crippen LogP contribution in [0.3, 0.4) is 0 Å². The van der Waals surface area contributed by atoms with Gasteiger partial charge in [-0.1, -0.05) is 48.0 Å². The Morgan fingerprint density at radius 2 is 1.81 bits per heavy atom. The molecule has 0 unspecified atom stereocenters. The van der Waals surface area contributed by atoms with Crippen LogP contribution >= 0.6 is 0 Å². The van der Waals surface area contributed by atoms with Gasteiger partial charge in [0.2, 0.25) is 0 Å². The second kappa shape index (κ2) is 6.70. The highest BCUT2D eigenvalue weighted by atomic mass is 16.4. The molecule has 0 fully saturated rings. The molecule has 0 spiro atoms. The first-order chi connectivity index (χ1) is 10.1. The van der Waals surface area contributed by atoms with Gasteiger partial charge in [0, 0.05) is 12.0 Å². The molecule has 2 aromatic carbocycles. The van der Waals surface area contributed by atoms with Crippen molar-refractivity contribution < 1.29 is 14.7 Å². The fourth-order valence-corrected chi connectivity index (χ4v) is 2.11. The van der Waals surface area contributed by atoms with Gasteiger partial charge in [-0.3, -0.25) is 4.79 Å². The van der Waals surface area contributed by atoms with Crippen LogP contribution in [0.5, 0.6) is 0 Å². The van der Waals surface area contributed by atoms with E-state index in [1.165, 1.54) is 0 Å². The van der Waals surface area contributed by atoms with E-state index in [0.29, 0.717) is 5.56 Å². The Morgan fingerprint density at radius 3 is 2.43 bits per heavy atom. The number of carboxylic acids is 1. The molecule has 0 aromatic heterocycles. The molecule has 2 N–H and O–H groups in total. The lowest BCUT2D eigenvalue weighted by atomic mass is 10.0. The van der Waals surface area contributed by atoms with Gasteiger partial charge in [-0.25, -0.2) is 4.79 Å². The van der Waals surface area contributed by atoms with Crippen molar-refractivity contribution in [2.75, 3.05) is 0 Å². The number of carbonyl (C=O) groups excluding carboxylic acids is 1. The molecular weight excluding hydrogens is 266 g/mol. The number of aliphatic carboxylic acids is 1. The summed E-state index contributed by atoms with van der Waals surface area (Å²) < 4.78 is 0. The van der Waals surface area contributed by atoms with Crippen LogP contribution in [0.2, 0.25) is 0 Å². The summed E-state index contributed by atoms with van der Waals surface area (Å²) in [7, 11) is 0. The van der Waals surface area contributed by atoms with Crippen LogP contribution in [0.25, 0.3) is 0 Å². The van der Waals surface area contributed by atoms with Crippen LogP contribution in [0.15, 0.2) is 54.6 Å². The van der Waals surface area contributed by atoms with Crippen molar-refractivity contribution in [3.8, 4) is 0 Å². The number of aryl methyl sites for hydroxylation is 1. The van der Waals surface area contributed by atoms with Crippen molar-refractivity contribution in [2.24, 2.45) is 0 Å². The highest BCUT2D eigenvalue weighted by molar-refractivity contribution is 5.96. The molecule has 0 aliphatic heterocycles. The maximum Gasteiger partial charge on any atom is 0.326 e. The molecule has 1 amide bonds. The molecule has 4 heteroatoms. The molecular formula is C17H17NO3. The predicted molar refractivity (Wildman–Crippen MR) is 80.2 cm³/mol. The zero-order chi connectivity index (χ0) is 15.2. The topological polar surface area (TPSA) is 66.4 Å². The molecule has 1 atom stereocenters. The summed E-state index contributed by atoms with van der Waals surface area (Å²) in [5.41, 5.74) is 2.40. The number of nitrogens with one attached hydrogen (secondary N) is 1. The number of amides is 1. The van der Waals surface area contributed by atoms with Gasteiger partial charge in [0.25, 0.3) is 5.91 Å². The molecule has 4 nitrogen and oxygen atoms in total. The summed E-state index contributed by atoms with van der Waals surface area (Å²) in [6, 6.07) is 15.3. The van der Waals surface area contributed by atoms with Crippen LogP contribution < -0.4 is 5.32 Å². The van der Waals surface area contributed by atoms with Crippen molar-refractivity contribution in [1.82, 2.24) is 5.32 Å². The van der Waals surface area contributed by atoms with Gasteiger partial charge in [-0.15, -0.1) is 0 Å². The Kier molecular flexibility index (Phi) is 4.72. The molecule has 0 heterocycles. The Balaban J connectivity index is 2.09. The first kappa shape index (κ1) is 14.8. The quantitative estimate of drug-likeness (QED) is 0.885. The third-order valence-electron chi connectivity index (χ3n) is 3.16. The average Bonchev–Trinajstić information content (AvgIpc) is 2.47. The van der Waals surface area contributed by atoms with Gasteiger partial charge in [-0.2, -0.15) is 0 Å².